The van der Waals surface area contributed by atoms with Crippen LogP contribution in [-0.2, 0) is 4.79 Å². The predicted octanol–water partition coefficient (Wildman–Crippen LogP) is 4.60. The van der Waals surface area contributed by atoms with Crippen LogP contribution in [0.2, 0.25) is 0 Å². The summed E-state index contributed by atoms with van der Waals surface area (Å²) in [5, 5.41) is 15.2. The minimum Gasteiger partial charge on any atom is -0.355 e. The third-order valence-electron chi connectivity index (χ3n) is 4.01. The van der Waals surface area contributed by atoms with Crippen LogP contribution in [0.4, 0.5) is 10.8 Å². The molecule has 140 valence electrons. The number of hydrogen-bond acceptors (Lipinski definition) is 6. The topological polar surface area (TPSA) is 66.9 Å². The van der Waals surface area contributed by atoms with Crippen LogP contribution >= 0.6 is 23.1 Å². The van der Waals surface area contributed by atoms with E-state index in [9.17, 15) is 4.79 Å². The average Bonchev–Trinajstić information content (AvgIpc) is 3.14. The Morgan fingerprint density at radius 1 is 1.11 bits per heavy atom. The van der Waals surface area contributed by atoms with Gasteiger partial charge in [-0.15, -0.1) is 10.2 Å². The van der Waals surface area contributed by atoms with Crippen LogP contribution in [0.5, 0.6) is 0 Å². The van der Waals surface area contributed by atoms with Crippen molar-refractivity contribution >= 4 is 39.8 Å². The maximum absolute atomic E-state index is 12.1. The van der Waals surface area contributed by atoms with E-state index in [2.05, 4.69) is 46.8 Å². The fraction of sp³-hybridized carbons (Fsp3) is 0.250. The zero-order valence-electron chi connectivity index (χ0n) is 15.3. The van der Waals surface area contributed by atoms with E-state index in [1.807, 2.05) is 42.5 Å². The molecule has 5 nitrogen and oxygen atoms in total. The van der Waals surface area contributed by atoms with Crippen LogP contribution in [0, 0.1) is 6.92 Å². The lowest BCUT2D eigenvalue weighted by Crippen LogP contribution is -2.28. The van der Waals surface area contributed by atoms with Crippen molar-refractivity contribution in [2.45, 2.75) is 24.1 Å². The van der Waals surface area contributed by atoms with Crippen molar-refractivity contribution < 1.29 is 4.79 Å². The van der Waals surface area contributed by atoms with Crippen LogP contribution < -0.4 is 10.6 Å². The molecular formula is C20H22N4OS2. The van der Waals surface area contributed by atoms with Gasteiger partial charge in [-0.05, 0) is 30.5 Å². The van der Waals surface area contributed by atoms with Gasteiger partial charge in [0.05, 0.1) is 5.75 Å². The second-order valence-electron chi connectivity index (χ2n) is 6.27. The number of rotatable bonds is 8. The number of aromatic nitrogens is 2. The maximum atomic E-state index is 12.1. The highest BCUT2D eigenvalue weighted by molar-refractivity contribution is 8.01. The van der Waals surface area contributed by atoms with Crippen LogP contribution in [0.15, 0.2) is 58.9 Å². The van der Waals surface area contributed by atoms with Gasteiger partial charge in [-0.1, -0.05) is 78.1 Å². The molecule has 0 bridgehead atoms. The molecule has 0 saturated heterocycles. The van der Waals surface area contributed by atoms with Crippen LogP contribution in [0.3, 0.4) is 0 Å². The Balaban J connectivity index is 1.42. The van der Waals surface area contributed by atoms with E-state index < -0.39 is 0 Å². The minimum absolute atomic E-state index is 0.00558. The SMILES string of the molecule is Cc1ccc(Nc2nnc(SCC(=O)NC[C@@H](C)c3ccccc3)s2)cc1. The molecular weight excluding hydrogens is 376 g/mol. The predicted molar refractivity (Wildman–Crippen MR) is 113 cm³/mol. The van der Waals surface area contributed by atoms with E-state index in [-0.39, 0.29) is 11.8 Å². The maximum Gasteiger partial charge on any atom is 0.230 e. The fourth-order valence-electron chi connectivity index (χ4n) is 2.42. The summed E-state index contributed by atoms with van der Waals surface area (Å²) in [6.07, 6.45) is 0. The molecule has 1 aromatic heterocycles. The molecule has 3 aromatic rings. The van der Waals surface area contributed by atoms with Crippen molar-refractivity contribution in [3.63, 3.8) is 0 Å². The van der Waals surface area contributed by atoms with Gasteiger partial charge in [-0.3, -0.25) is 4.79 Å². The molecule has 0 fully saturated rings. The molecule has 0 aliphatic carbocycles. The summed E-state index contributed by atoms with van der Waals surface area (Å²) < 4.78 is 0.774. The summed E-state index contributed by atoms with van der Waals surface area (Å²) in [4.78, 5) is 12.1. The number of amides is 1. The molecule has 2 aromatic carbocycles. The molecule has 0 saturated carbocycles. The summed E-state index contributed by atoms with van der Waals surface area (Å²) in [6, 6.07) is 18.3. The second-order valence-corrected chi connectivity index (χ2v) is 8.47. The molecule has 1 heterocycles. The number of benzene rings is 2. The van der Waals surface area contributed by atoms with Gasteiger partial charge in [0.2, 0.25) is 11.0 Å². The first-order valence-electron chi connectivity index (χ1n) is 8.72. The highest BCUT2D eigenvalue weighted by atomic mass is 32.2. The van der Waals surface area contributed by atoms with E-state index in [4.69, 9.17) is 0 Å². The van der Waals surface area contributed by atoms with Crippen molar-refractivity contribution in [3.8, 4) is 0 Å². The first-order chi connectivity index (χ1) is 13.1. The molecule has 3 rings (SSSR count). The summed E-state index contributed by atoms with van der Waals surface area (Å²) in [6.45, 7) is 4.78. The van der Waals surface area contributed by atoms with Crippen LogP contribution in [0.1, 0.15) is 24.0 Å². The number of carbonyl (C=O) groups excluding carboxylic acids is 1. The van der Waals surface area contributed by atoms with Gasteiger partial charge in [0.25, 0.3) is 0 Å². The van der Waals surface area contributed by atoms with Crippen LogP contribution in [0.25, 0.3) is 0 Å². The summed E-state index contributed by atoms with van der Waals surface area (Å²) in [5.41, 5.74) is 3.41. The summed E-state index contributed by atoms with van der Waals surface area (Å²) in [7, 11) is 0. The summed E-state index contributed by atoms with van der Waals surface area (Å²) >= 11 is 2.85. The van der Waals surface area contributed by atoms with Gasteiger partial charge in [-0.2, -0.15) is 0 Å². The quantitative estimate of drug-likeness (QED) is 0.543. The first kappa shape index (κ1) is 19.4. The highest BCUT2D eigenvalue weighted by Crippen LogP contribution is 2.27. The number of nitrogens with one attached hydrogen (secondary N) is 2. The monoisotopic (exact) mass is 398 g/mol. The van der Waals surface area contributed by atoms with Gasteiger partial charge in [0, 0.05) is 12.2 Å². The zero-order valence-corrected chi connectivity index (χ0v) is 16.9. The molecule has 1 atom stereocenters. The summed E-state index contributed by atoms with van der Waals surface area (Å²) in [5.74, 6) is 0.624. The Bertz CT molecular complexity index is 865. The molecule has 2 N–H and O–H groups in total. The van der Waals surface area contributed by atoms with Crippen molar-refractivity contribution in [3.05, 3.63) is 65.7 Å². The van der Waals surface area contributed by atoms with E-state index >= 15 is 0 Å². The number of nitrogens with zero attached hydrogens (tertiary/aromatic N) is 2. The van der Waals surface area contributed by atoms with Gasteiger partial charge >= 0.3 is 0 Å². The standard InChI is InChI=1S/C20H22N4OS2/c1-14-8-10-17(11-9-14)22-19-23-24-20(27-19)26-13-18(25)21-12-15(2)16-6-4-3-5-7-16/h3-11,15H,12-13H2,1-2H3,(H,21,25)(H,22,23)/t15-/m1/s1. The normalized spacial score (nSPS) is 11.8. The minimum atomic E-state index is 0.00558. The smallest absolute Gasteiger partial charge is 0.230 e. The van der Waals surface area contributed by atoms with Crippen molar-refractivity contribution in [2.75, 3.05) is 17.6 Å². The molecule has 0 aliphatic rings. The van der Waals surface area contributed by atoms with Crippen molar-refractivity contribution in [1.82, 2.24) is 15.5 Å². The number of thioether (sulfide) groups is 1. The van der Waals surface area contributed by atoms with Gasteiger partial charge < -0.3 is 10.6 Å². The fourth-order valence-corrected chi connectivity index (χ4v) is 4.03. The van der Waals surface area contributed by atoms with Crippen molar-refractivity contribution in [2.24, 2.45) is 0 Å². The number of aryl methyl sites for hydroxylation is 1. The molecule has 1 amide bonds. The molecule has 0 aliphatic heterocycles. The van der Waals surface area contributed by atoms with E-state index in [1.165, 1.54) is 34.2 Å². The third kappa shape index (κ3) is 6.08. The Labute approximate surface area is 167 Å². The molecule has 27 heavy (non-hydrogen) atoms. The lowest BCUT2D eigenvalue weighted by atomic mass is 10.0. The number of anilines is 2. The Morgan fingerprint density at radius 3 is 2.59 bits per heavy atom. The lowest BCUT2D eigenvalue weighted by molar-refractivity contribution is -0.118. The van der Waals surface area contributed by atoms with E-state index in [1.54, 1.807) is 0 Å². The number of hydrogen-bond donors (Lipinski definition) is 2. The highest BCUT2D eigenvalue weighted by Gasteiger charge is 2.10. The van der Waals surface area contributed by atoms with Crippen molar-refractivity contribution in [1.29, 1.82) is 0 Å². The zero-order chi connectivity index (χ0) is 19.1. The van der Waals surface area contributed by atoms with Gasteiger partial charge in [-0.25, -0.2) is 0 Å². The molecule has 0 radical (unpaired) electrons. The molecule has 0 unspecified atom stereocenters. The van der Waals surface area contributed by atoms with E-state index in [0.29, 0.717) is 12.3 Å². The number of carbonyl (C=O) groups is 1. The largest absolute Gasteiger partial charge is 0.355 e. The third-order valence-corrected chi connectivity index (χ3v) is 5.98. The Hall–Kier alpha value is -2.38. The average molecular weight is 399 g/mol. The van der Waals surface area contributed by atoms with Gasteiger partial charge in [0.1, 0.15) is 0 Å². The molecule has 7 heteroatoms. The Kier molecular flexibility index (Phi) is 6.84. The lowest BCUT2D eigenvalue weighted by Gasteiger charge is -2.12. The second kappa shape index (κ2) is 9.53. The first-order valence-corrected chi connectivity index (χ1v) is 10.5. The van der Waals surface area contributed by atoms with Crippen LogP contribution in [-0.4, -0.2) is 28.4 Å². The molecule has 0 spiro atoms. The Morgan fingerprint density at radius 2 is 1.85 bits per heavy atom. The van der Waals surface area contributed by atoms with E-state index in [0.717, 1.165) is 15.2 Å². The van der Waals surface area contributed by atoms with Gasteiger partial charge in [0.15, 0.2) is 4.34 Å².